The Hall–Kier alpha value is -2.00. The summed E-state index contributed by atoms with van der Waals surface area (Å²) in [4.78, 5) is 11.1. The lowest BCUT2D eigenvalue weighted by Crippen LogP contribution is -1.98. The van der Waals surface area contributed by atoms with E-state index >= 15 is 0 Å². The molecule has 19 heavy (non-hydrogen) atoms. The predicted octanol–water partition coefficient (Wildman–Crippen LogP) is 4.02. The van der Waals surface area contributed by atoms with Crippen molar-refractivity contribution >= 4 is 17.6 Å². The predicted molar refractivity (Wildman–Crippen MR) is 75.1 cm³/mol. The third-order valence-corrected chi connectivity index (χ3v) is 3.30. The molecule has 3 nitrogen and oxygen atoms in total. The summed E-state index contributed by atoms with van der Waals surface area (Å²) in [7, 11) is 1.51. The van der Waals surface area contributed by atoms with Crippen molar-refractivity contribution in [3.63, 3.8) is 0 Å². The molecule has 4 heteroatoms. The largest absolute Gasteiger partial charge is 0.497 e. The minimum atomic E-state index is -0.981. The van der Waals surface area contributed by atoms with Crippen molar-refractivity contribution in [2.45, 2.75) is 6.92 Å². The van der Waals surface area contributed by atoms with Crippen molar-refractivity contribution in [1.29, 1.82) is 0 Å². The van der Waals surface area contributed by atoms with Crippen molar-refractivity contribution < 1.29 is 14.6 Å². The topological polar surface area (TPSA) is 46.5 Å². The first-order valence-electron chi connectivity index (χ1n) is 5.70. The normalized spacial score (nSPS) is 10.3. The van der Waals surface area contributed by atoms with E-state index in [4.69, 9.17) is 21.4 Å². The zero-order chi connectivity index (χ0) is 14.0. The van der Waals surface area contributed by atoms with Gasteiger partial charge in [0.2, 0.25) is 0 Å². The van der Waals surface area contributed by atoms with Gasteiger partial charge in [-0.1, -0.05) is 17.7 Å². The van der Waals surface area contributed by atoms with Crippen molar-refractivity contribution in [2.24, 2.45) is 0 Å². The van der Waals surface area contributed by atoms with Gasteiger partial charge in [-0.05, 0) is 53.9 Å². The third kappa shape index (κ3) is 2.88. The van der Waals surface area contributed by atoms with Crippen LogP contribution in [0.15, 0.2) is 36.4 Å². The van der Waals surface area contributed by atoms with E-state index in [2.05, 4.69) is 0 Å². The van der Waals surface area contributed by atoms with Crippen molar-refractivity contribution in [3.05, 3.63) is 52.5 Å². The molecule has 0 radical (unpaired) electrons. The first kappa shape index (κ1) is 13.4. The highest BCUT2D eigenvalue weighted by molar-refractivity contribution is 6.31. The Labute approximate surface area is 116 Å². The van der Waals surface area contributed by atoms with Gasteiger partial charge in [-0.25, -0.2) is 4.79 Å². The highest BCUT2D eigenvalue weighted by atomic mass is 35.5. The SMILES string of the molecule is COc1cc(C(=O)O)cc(-c2ccc(Cl)c(C)c2)c1. The van der Waals surface area contributed by atoms with Crippen LogP contribution in [0.25, 0.3) is 11.1 Å². The lowest BCUT2D eigenvalue weighted by atomic mass is 10.0. The second kappa shape index (κ2) is 5.33. The third-order valence-electron chi connectivity index (χ3n) is 2.88. The fourth-order valence-electron chi connectivity index (χ4n) is 1.83. The number of methoxy groups -OCH3 is 1. The van der Waals surface area contributed by atoms with Crippen LogP contribution in [0.1, 0.15) is 15.9 Å². The molecule has 2 aromatic rings. The second-order valence-corrected chi connectivity index (χ2v) is 4.63. The van der Waals surface area contributed by atoms with E-state index in [9.17, 15) is 4.79 Å². The van der Waals surface area contributed by atoms with Crippen LogP contribution in [0, 0.1) is 6.92 Å². The highest BCUT2D eigenvalue weighted by Gasteiger charge is 2.09. The zero-order valence-corrected chi connectivity index (χ0v) is 11.4. The molecular formula is C15H13ClO3. The molecule has 0 atom stereocenters. The van der Waals surface area contributed by atoms with Crippen molar-refractivity contribution in [3.8, 4) is 16.9 Å². The van der Waals surface area contributed by atoms with Gasteiger partial charge in [-0.15, -0.1) is 0 Å². The number of aromatic carboxylic acids is 1. The van der Waals surface area contributed by atoms with Crippen molar-refractivity contribution in [1.82, 2.24) is 0 Å². The van der Waals surface area contributed by atoms with Crippen LogP contribution >= 0.6 is 11.6 Å². The molecule has 0 unspecified atom stereocenters. The molecule has 0 saturated heterocycles. The molecule has 0 aromatic heterocycles. The summed E-state index contributed by atoms with van der Waals surface area (Å²) in [5.41, 5.74) is 2.83. The number of benzene rings is 2. The summed E-state index contributed by atoms with van der Waals surface area (Å²) >= 11 is 5.99. The Balaban J connectivity index is 2.57. The summed E-state index contributed by atoms with van der Waals surface area (Å²) in [5.74, 6) is -0.465. The Bertz CT molecular complexity index is 635. The van der Waals surface area contributed by atoms with E-state index in [1.54, 1.807) is 18.2 Å². The number of halogens is 1. The first-order valence-corrected chi connectivity index (χ1v) is 6.08. The van der Waals surface area contributed by atoms with Gasteiger partial charge in [0.25, 0.3) is 0 Å². The number of hydrogen-bond donors (Lipinski definition) is 1. The van der Waals surface area contributed by atoms with E-state index in [1.165, 1.54) is 13.2 Å². The minimum Gasteiger partial charge on any atom is -0.497 e. The molecule has 1 N–H and O–H groups in total. The number of ether oxygens (including phenoxy) is 1. The minimum absolute atomic E-state index is 0.196. The Morgan fingerprint density at radius 1 is 1.16 bits per heavy atom. The summed E-state index contributed by atoms with van der Waals surface area (Å²) in [5, 5.41) is 9.78. The van der Waals surface area contributed by atoms with Crippen LogP contribution < -0.4 is 4.74 Å². The van der Waals surface area contributed by atoms with Gasteiger partial charge in [-0.2, -0.15) is 0 Å². The Morgan fingerprint density at radius 2 is 1.89 bits per heavy atom. The molecule has 0 fully saturated rings. The molecule has 0 spiro atoms. The zero-order valence-electron chi connectivity index (χ0n) is 10.6. The number of carboxylic acid groups (broad SMARTS) is 1. The average molecular weight is 277 g/mol. The van der Waals surface area contributed by atoms with Gasteiger partial charge in [0.1, 0.15) is 5.75 Å². The van der Waals surface area contributed by atoms with Gasteiger partial charge >= 0.3 is 5.97 Å². The fraction of sp³-hybridized carbons (Fsp3) is 0.133. The van der Waals surface area contributed by atoms with Crippen molar-refractivity contribution in [2.75, 3.05) is 7.11 Å². The molecule has 0 heterocycles. The monoisotopic (exact) mass is 276 g/mol. The summed E-state index contributed by atoms with van der Waals surface area (Å²) < 4.78 is 5.13. The Morgan fingerprint density at radius 3 is 2.47 bits per heavy atom. The van der Waals surface area contributed by atoms with Crippen LogP contribution in [-0.4, -0.2) is 18.2 Å². The quantitative estimate of drug-likeness (QED) is 0.921. The van der Waals surface area contributed by atoms with E-state index in [0.29, 0.717) is 10.8 Å². The molecule has 2 aromatic carbocycles. The molecule has 0 amide bonds. The first-order chi connectivity index (χ1) is 9.01. The number of rotatable bonds is 3. The fourth-order valence-corrected chi connectivity index (χ4v) is 1.95. The van der Waals surface area contributed by atoms with E-state index in [1.807, 2.05) is 19.1 Å². The molecule has 0 aliphatic rings. The molecule has 2 rings (SSSR count). The lowest BCUT2D eigenvalue weighted by molar-refractivity contribution is 0.0696. The van der Waals surface area contributed by atoms with Crippen LogP contribution in [0.3, 0.4) is 0 Å². The molecule has 98 valence electrons. The molecular weight excluding hydrogens is 264 g/mol. The number of carboxylic acids is 1. The Kier molecular flexibility index (Phi) is 3.76. The maximum absolute atomic E-state index is 11.1. The van der Waals surface area contributed by atoms with Gasteiger partial charge in [0.15, 0.2) is 0 Å². The maximum Gasteiger partial charge on any atom is 0.335 e. The maximum atomic E-state index is 11.1. The molecule has 0 aliphatic heterocycles. The molecule has 0 saturated carbocycles. The number of carbonyl (C=O) groups is 1. The summed E-state index contributed by atoms with van der Waals surface area (Å²) in [6, 6.07) is 10.5. The van der Waals surface area contributed by atoms with Gasteiger partial charge < -0.3 is 9.84 Å². The van der Waals surface area contributed by atoms with E-state index < -0.39 is 5.97 Å². The lowest BCUT2D eigenvalue weighted by Gasteiger charge is -2.08. The second-order valence-electron chi connectivity index (χ2n) is 4.22. The number of hydrogen-bond acceptors (Lipinski definition) is 2. The average Bonchev–Trinajstić information content (AvgIpc) is 2.41. The molecule has 0 bridgehead atoms. The van der Waals surface area contributed by atoms with Gasteiger partial charge in [0.05, 0.1) is 12.7 Å². The van der Waals surface area contributed by atoms with Crippen LogP contribution in [0.2, 0.25) is 5.02 Å². The smallest absolute Gasteiger partial charge is 0.335 e. The molecule has 0 aliphatic carbocycles. The van der Waals surface area contributed by atoms with E-state index in [0.717, 1.165) is 16.7 Å². The van der Waals surface area contributed by atoms with Crippen LogP contribution in [0.4, 0.5) is 0 Å². The number of aryl methyl sites for hydroxylation is 1. The van der Waals surface area contributed by atoms with Gasteiger partial charge in [0, 0.05) is 5.02 Å². The summed E-state index contributed by atoms with van der Waals surface area (Å²) in [6.07, 6.45) is 0. The van der Waals surface area contributed by atoms with Crippen LogP contribution in [-0.2, 0) is 0 Å². The standard InChI is InChI=1S/C15H13ClO3/c1-9-5-10(3-4-14(9)16)11-6-12(15(17)18)8-13(7-11)19-2/h3-8H,1-2H3,(H,17,18). The highest BCUT2D eigenvalue weighted by Crippen LogP contribution is 2.28. The van der Waals surface area contributed by atoms with E-state index in [-0.39, 0.29) is 5.56 Å². The van der Waals surface area contributed by atoms with Crippen LogP contribution in [0.5, 0.6) is 5.75 Å². The summed E-state index contributed by atoms with van der Waals surface area (Å²) in [6.45, 7) is 1.91. The van der Waals surface area contributed by atoms with Gasteiger partial charge in [-0.3, -0.25) is 0 Å².